The summed E-state index contributed by atoms with van der Waals surface area (Å²) < 4.78 is 12.8. The van der Waals surface area contributed by atoms with E-state index in [9.17, 15) is 4.79 Å². The van der Waals surface area contributed by atoms with E-state index in [1.807, 2.05) is 48.8 Å². The molecule has 0 aliphatic heterocycles. The lowest BCUT2D eigenvalue weighted by Crippen LogP contribution is -2.35. The molecule has 1 N–H and O–H groups in total. The lowest BCUT2D eigenvalue weighted by atomic mass is 10.2. The molecule has 0 saturated carbocycles. The summed E-state index contributed by atoms with van der Waals surface area (Å²) in [6, 6.07) is 11.1. The molecule has 1 amide bonds. The highest BCUT2D eigenvalue weighted by atomic mass is 16.5. The molecule has 0 radical (unpaired) electrons. The van der Waals surface area contributed by atoms with Crippen LogP contribution in [0.2, 0.25) is 0 Å². The number of ether oxygens (including phenoxy) is 2. The van der Waals surface area contributed by atoms with E-state index in [0.717, 1.165) is 11.3 Å². The van der Waals surface area contributed by atoms with E-state index >= 15 is 0 Å². The Morgan fingerprint density at radius 1 is 1.27 bits per heavy atom. The maximum Gasteiger partial charge on any atom is 0.251 e. The lowest BCUT2D eigenvalue weighted by molar-refractivity contribution is 0.0905. The zero-order chi connectivity index (χ0) is 18.5. The second kappa shape index (κ2) is 8.01. The number of imidazole rings is 1. The molecular weight excluding hydrogens is 330 g/mol. The van der Waals surface area contributed by atoms with Crippen LogP contribution in [0, 0.1) is 6.92 Å². The fraction of sp³-hybridized carbons (Fsp3) is 0.300. The molecule has 6 heteroatoms. The first-order valence-electron chi connectivity index (χ1n) is 8.52. The zero-order valence-electron chi connectivity index (χ0n) is 15.2. The van der Waals surface area contributed by atoms with Crippen LogP contribution in [0.1, 0.15) is 28.5 Å². The Morgan fingerprint density at radius 3 is 2.92 bits per heavy atom. The Morgan fingerprint density at radius 2 is 2.12 bits per heavy atom. The summed E-state index contributed by atoms with van der Waals surface area (Å²) in [5.41, 5.74) is 3.44. The van der Waals surface area contributed by atoms with Gasteiger partial charge in [0, 0.05) is 31.1 Å². The van der Waals surface area contributed by atoms with Crippen molar-refractivity contribution >= 4 is 11.6 Å². The van der Waals surface area contributed by atoms with Crippen LogP contribution in [0.5, 0.6) is 5.75 Å². The number of methoxy groups -OCH3 is 1. The van der Waals surface area contributed by atoms with Gasteiger partial charge in [-0.2, -0.15) is 0 Å². The van der Waals surface area contributed by atoms with Gasteiger partial charge in [0.1, 0.15) is 18.0 Å². The summed E-state index contributed by atoms with van der Waals surface area (Å²) in [4.78, 5) is 16.8. The molecule has 2 heterocycles. The quantitative estimate of drug-likeness (QED) is 0.709. The average molecular weight is 353 g/mol. The van der Waals surface area contributed by atoms with E-state index < -0.39 is 0 Å². The molecule has 0 aliphatic rings. The number of pyridine rings is 1. The SMILES string of the molecule is COCC(C)NC(=O)c1cccc(OCc2cn3cc(C)ccc3n2)c1. The van der Waals surface area contributed by atoms with Crippen LogP contribution in [0.25, 0.3) is 5.65 Å². The van der Waals surface area contributed by atoms with Crippen molar-refractivity contribution in [1.82, 2.24) is 14.7 Å². The Balaban J connectivity index is 1.65. The predicted octanol–water partition coefficient (Wildman–Crippen LogP) is 2.99. The van der Waals surface area contributed by atoms with Crippen LogP contribution in [0.4, 0.5) is 0 Å². The third kappa shape index (κ3) is 4.40. The van der Waals surface area contributed by atoms with Crippen molar-refractivity contribution < 1.29 is 14.3 Å². The van der Waals surface area contributed by atoms with Crippen LogP contribution in [0.3, 0.4) is 0 Å². The topological polar surface area (TPSA) is 64.9 Å². The van der Waals surface area contributed by atoms with Crippen LogP contribution >= 0.6 is 0 Å². The highest BCUT2D eigenvalue weighted by Crippen LogP contribution is 2.16. The first kappa shape index (κ1) is 17.9. The molecule has 0 bridgehead atoms. The van der Waals surface area contributed by atoms with Crippen molar-refractivity contribution in [2.75, 3.05) is 13.7 Å². The molecule has 0 fully saturated rings. The van der Waals surface area contributed by atoms with Gasteiger partial charge in [-0.3, -0.25) is 4.79 Å². The van der Waals surface area contributed by atoms with Crippen LogP contribution < -0.4 is 10.1 Å². The van der Waals surface area contributed by atoms with Gasteiger partial charge in [0.15, 0.2) is 0 Å². The van der Waals surface area contributed by atoms with Crippen molar-refractivity contribution in [2.45, 2.75) is 26.5 Å². The van der Waals surface area contributed by atoms with E-state index in [2.05, 4.69) is 10.3 Å². The Bertz CT molecular complexity index is 904. The molecule has 0 saturated heterocycles. The van der Waals surface area contributed by atoms with Crippen molar-refractivity contribution in [3.05, 3.63) is 65.6 Å². The summed E-state index contributed by atoms with van der Waals surface area (Å²) in [5, 5.41) is 2.89. The fourth-order valence-corrected chi connectivity index (χ4v) is 2.71. The van der Waals surface area contributed by atoms with Gasteiger partial charge in [-0.25, -0.2) is 4.98 Å². The summed E-state index contributed by atoms with van der Waals surface area (Å²) in [5.74, 6) is 0.480. The van der Waals surface area contributed by atoms with Crippen LogP contribution in [-0.4, -0.2) is 35.1 Å². The number of nitrogens with zero attached hydrogens (tertiary/aromatic N) is 2. The van der Waals surface area contributed by atoms with Gasteiger partial charge in [-0.1, -0.05) is 12.1 Å². The van der Waals surface area contributed by atoms with E-state index in [4.69, 9.17) is 9.47 Å². The fourth-order valence-electron chi connectivity index (χ4n) is 2.71. The van der Waals surface area contributed by atoms with Crippen molar-refractivity contribution in [3.8, 4) is 5.75 Å². The molecule has 2 aromatic heterocycles. The van der Waals surface area contributed by atoms with Crippen LogP contribution in [0.15, 0.2) is 48.8 Å². The Hall–Kier alpha value is -2.86. The second-order valence-electron chi connectivity index (χ2n) is 6.35. The molecule has 0 spiro atoms. The molecule has 3 aromatic rings. The number of carbonyl (C=O) groups is 1. The molecule has 26 heavy (non-hydrogen) atoms. The van der Waals surface area contributed by atoms with E-state index in [1.165, 1.54) is 5.56 Å². The number of benzene rings is 1. The highest BCUT2D eigenvalue weighted by molar-refractivity contribution is 5.94. The first-order valence-corrected chi connectivity index (χ1v) is 8.52. The van der Waals surface area contributed by atoms with Crippen molar-refractivity contribution in [3.63, 3.8) is 0 Å². The molecular formula is C20H23N3O3. The van der Waals surface area contributed by atoms with Crippen molar-refractivity contribution in [1.29, 1.82) is 0 Å². The Kier molecular flexibility index (Phi) is 5.53. The largest absolute Gasteiger partial charge is 0.487 e. The maximum atomic E-state index is 12.3. The van der Waals surface area contributed by atoms with Gasteiger partial charge in [0.2, 0.25) is 0 Å². The summed E-state index contributed by atoms with van der Waals surface area (Å²) >= 11 is 0. The predicted molar refractivity (Wildman–Crippen MR) is 99.5 cm³/mol. The number of aromatic nitrogens is 2. The van der Waals surface area contributed by atoms with Gasteiger partial charge < -0.3 is 19.2 Å². The average Bonchev–Trinajstić information content (AvgIpc) is 3.02. The highest BCUT2D eigenvalue weighted by Gasteiger charge is 2.11. The summed E-state index contributed by atoms with van der Waals surface area (Å²) in [6.45, 7) is 4.74. The second-order valence-corrected chi connectivity index (χ2v) is 6.35. The summed E-state index contributed by atoms with van der Waals surface area (Å²) in [7, 11) is 1.61. The zero-order valence-corrected chi connectivity index (χ0v) is 15.2. The minimum atomic E-state index is -0.150. The van der Waals surface area contributed by atoms with Gasteiger partial charge >= 0.3 is 0 Å². The Labute approximate surface area is 152 Å². The number of carbonyl (C=O) groups excluding carboxylic acids is 1. The van der Waals surface area contributed by atoms with Crippen LogP contribution in [-0.2, 0) is 11.3 Å². The molecule has 1 unspecified atom stereocenters. The molecule has 0 aliphatic carbocycles. The third-order valence-electron chi connectivity index (χ3n) is 3.93. The molecule has 1 atom stereocenters. The number of hydrogen-bond acceptors (Lipinski definition) is 4. The maximum absolute atomic E-state index is 12.3. The molecule has 136 valence electrons. The smallest absolute Gasteiger partial charge is 0.251 e. The third-order valence-corrected chi connectivity index (χ3v) is 3.93. The lowest BCUT2D eigenvalue weighted by Gasteiger charge is -2.13. The van der Waals surface area contributed by atoms with Gasteiger partial charge in [0.25, 0.3) is 5.91 Å². The normalized spacial score (nSPS) is 12.1. The number of nitrogens with one attached hydrogen (secondary N) is 1. The number of rotatable bonds is 7. The number of fused-ring (bicyclic) bond motifs is 1. The van der Waals surface area contributed by atoms with E-state index in [0.29, 0.717) is 24.5 Å². The monoisotopic (exact) mass is 353 g/mol. The van der Waals surface area contributed by atoms with E-state index in [-0.39, 0.29) is 11.9 Å². The molecule has 1 aromatic carbocycles. The van der Waals surface area contributed by atoms with Gasteiger partial charge in [-0.15, -0.1) is 0 Å². The minimum Gasteiger partial charge on any atom is -0.487 e. The van der Waals surface area contributed by atoms with E-state index in [1.54, 1.807) is 25.3 Å². The first-order chi connectivity index (χ1) is 12.5. The van der Waals surface area contributed by atoms with Gasteiger partial charge in [0.05, 0.1) is 12.3 Å². The van der Waals surface area contributed by atoms with Crippen molar-refractivity contribution in [2.24, 2.45) is 0 Å². The standard InChI is InChI=1S/C20H23N3O3/c1-14-7-8-19-22-17(11-23(19)10-14)13-26-18-6-4-5-16(9-18)20(24)21-15(2)12-25-3/h4-11,15H,12-13H2,1-3H3,(H,21,24). The number of hydrogen-bond donors (Lipinski definition) is 1. The van der Waals surface area contributed by atoms with Gasteiger partial charge in [-0.05, 0) is 43.7 Å². The minimum absolute atomic E-state index is 0.0569. The number of aryl methyl sites for hydroxylation is 1. The molecule has 6 nitrogen and oxygen atoms in total. The number of amides is 1. The molecule has 3 rings (SSSR count). The summed E-state index contributed by atoms with van der Waals surface area (Å²) in [6.07, 6.45) is 3.98.